The summed E-state index contributed by atoms with van der Waals surface area (Å²) in [5, 5.41) is 23.6. The van der Waals surface area contributed by atoms with E-state index in [1.165, 1.54) is 0 Å². The zero-order valence-corrected chi connectivity index (χ0v) is 8.27. The molecule has 1 aromatic heterocycles. The fourth-order valence-corrected chi connectivity index (χ4v) is 1.42. The summed E-state index contributed by atoms with van der Waals surface area (Å²) in [5.74, 6) is 0. The van der Waals surface area contributed by atoms with Crippen LogP contribution in [0.15, 0.2) is 14.9 Å². The summed E-state index contributed by atoms with van der Waals surface area (Å²) in [5.41, 5.74) is 5.10. The van der Waals surface area contributed by atoms with Crippen LogP contribution in [0.1, 0.15) is 24.7 Å². The Bertz CT molecular complexity index is 409. The maximum absolute atomic E-state index is 8.82. The Balaban J connectivity index is 2.40. The molecule has 0 saturated heterocycles. The molecule has 0 fully saturated rings. The zero-order chi connectivity index (χ0) is 10.7. The Morgan fingerprint density at radius 2 is 2.33 bits per heavy atom. The zero-order valence-electron chi connectivity index (χ0n) is 8.27. The molecule has 0 aliphatic heterocycles. The molecule has 0 bridgehead atoms. The minimum atomic E-state index is 0.499. The van der Waals surface area contributed by atoms with Crippen molar-refractivity contribution in [2.75, 3.05) is 6.54 Å². The molecule has 80 valence electrons. The Morgan fingerprint density at radius 1 is 1.47 bits per heavy atom. The molecule has 0 radical (unpaired) electrons. The number of hydrogen-bond donors (Lipinski definition) is 2. The number of oxime groups is 1. The lowest BCUT2D eigenvalue weighted by atomic mass is 9.97. The van der Waals surface area contributed by atoms with Crippen LogP contribution in [0.25, 0.3) is 0 Å². The number of hydrogen-bond acceptors (Lipinski definition) is 7. The summed E-state index contributed by atoms with van der Waals surface area (Å²) in [6.45, 7) is 2.60. The molecule has 0 saturated carbocycles. The van der Waals surface area contributed by atoms with Crippen molar-refractivity contribution in [3.05, 3.63) is 11.4 Å². The van der Waals surface area contributed by atoms with Crippen molar-refractivity contribution in [2.24, 2.45) is 10.3 Å². The fraction of sp³-hybridized carbons (Fsp3) is 0.500. The number of nitrogens with zero attached hydrogens (tertiary/aromatic N) is 4. The summed E-state index contributed by atoms with van der Waals surface area (Å²) in [6, 6.07) is 0. The predicted octanol–water partition coefficient (Wildman–Crippen LogP) is 0.160. The van der Waals surface area contributed by atoms with Crippen molar-refractivity contribution in [3.8, 4) is 0 Å². The van der Waals surface area contributed by atoms with Gasteiger partial charge in [-0.3, -0.25) is 0 Å². The monoisotopic (exact) mass is 209 g/mol. The van der Waals surface area contributed by atoms with Gasteiger partial charge >= 0.3 is 0 Å². The number of fused-ring (bicyclic) bond motifs is 1. The van der Waals surface area contributed by atoms with E-state index in [0.29, 0.717) is 36.5 Å². The van der Waals surface area contributed by atoms with E-state index in [-0.39, 0.29) is 0 Å². The van der Waals surface area contributed by atoms with Gasteiger partial charge in [-0.15, -0.1) is 0 Å². The Hall–Kier alpha value is -1.92. The van der Waals surface area contributed by atoms with Crippen molar-refractivity contribution in [2.45, 2.75) is 19.8 Å². The molecule has 0 spiro atoms. The van der Waals surface area contributed by atoms with Crippen LogP contribution in [-0.2, 0) is 6.42 Å². The van der Waals surface area contributed by atoms with E-state index in [0.717, 1.165) is 5.69 Å². The smallest absolute Gasteiger partial charge is 0.160 e. The van der Waals surface area contributed by atoms with Gasteiger partial charge in [-0.25, -0.2) is 4.63 Å². The van der Waals surface area contributed by atoms with E-state index in [4.69, 9.17) is 5.21 Å². The van der Waals surface area contributed by atoms with Gasteiger partial charge in [-0.2, -0.15) is 5.10 Å². The van der Waals surface area contributed by atoms with Gasteiger partial charge < -0.3 is 10.6 Å². The lowest BCUT2D eigenvalue weighted by molar-refractivity contribution is 0.303. The normalized spacial score (nSPS) is 20.6. The molecule has 7 heteroatoms. The second kappa shape index (κ2) is 4.07. The van der Waals surface area contributed by atoms with Crippen LogP contribution in [0.4, 0.5) is 0 Å². The van der Waals surface area contributed by atoms with Crippen molar-refractivity contribution in [1.82, 2.24) is 15.7 Å². The van der Waals surface area contributed by atoms with E-state index < -0.39 is 0 Å². The third kappa shape index (κ3) is 1.67. The van der Waals surface area contributed by atoms with Gasteiger partial charge in [0.2, 0.25) is 0 Å². The number of nitrogens with one attached hydrogen (secondary N) is 1. The molecule has 1 aliphatic carbocycles. The molecular formula is C8H11N5O2. The highest BCUT2D eigenvalue weighted by Gasteiger charge is 2.27. The SMILES string of the molecule is CCN/N=C1\C(=N\O)CCc2nonc21. The average Bonchev–Trinajstić information content (AvgIpc) is 2.73. The van der Waals surface area contributed by atoms with E-state index in [1.54, 1.807) is 0 Å². The van der Waals surface area contributed by atoms with Crippen LogP contribution in [0.3, 0.4) is 0 Å². The van der Waals surface area contributed by atoms with Crippen LogP contribution in [0, 0.1) is 0 Å². The van der Waals surface area contributed by atoms with Crippen molar-refractivity contribution >= 4 is 11.4 Å². The largest absolute Gasteiger partial charge is 0.411 e. The first kappa shape index (κ1) is 9.63. The van der Waals surface area contributed by atoms with Crippen molar-refractivity contribution in [1.29, 1.82) is 0 Å². The first-order chi connectivity index (χ1) is 7.36. The van der Waals surface area contributed by atoms with Gasteiger partial charge in [0.25, 0.3) is 0 Å². The van der Waals surface area contributed by atoms with Gasteiger partial charge in [0.1, 0.15) is 17.1 Å². The highest BCUT2D eigenvalue weighted by Crippen LogP contribution is 2.16. The number of aryl methyl sites for hydroxylation is 1. The quantitative estimate of drug-likeness (QED) is 0.534. The van der Waals surface area contributed by atoms with E-state index in [1.807, 2.05) is 6.92 Å². The summed E-state index contributed by atoms with van der Waals surface area (Å²) in [7, 11) is 0. The minimum Gasteiger partial charge on any atom is -0.411 e. The van der Waals surface area contributed by atoms with Gasteiger partial charge in [-0.1, -0.05) is 10.3 Å². The molecule has 0 aromatic carbocycles. The lowest BCUT2D eigenvalue weighted by Gasteiger charge is -2.11. The highest BCUT2D eigenvalue weighted by atomic mass is 16.6. The first-order valence-corrected chi connectivity index (χ1v) is 4.70. The first-order valence-electron chi connectivity index (χ1n) is 4.70. The molecule has 0 amide bonds. The lowest BCUT2D eigenvalue weighted by Crippen LogP contribution is -2.26. The third-order valence-corrected chi connectivity index (χ3v) is 2.12. The Morgan fingerprint density at radius 3 is 3.07 bits per heavy atom. The maximum atomic E-state index is 8.82. The van der Waals surface area contributed by atoms with Crippen LogP contribution >= 0.6 is 0 Å². The molecule has 2 N–H and O–H groups in total. The predicted molar refractivity (Wildman–Crippen MR) is 52.1 cm³/mol. The topological polar surface area (TPSA) is 95.9 Å². The molecule has 15 heavy (non-hydrogen) atoms. The average molecular weight is 209 g/mol. The molecule has 1 aliphatic rings. The number of rotatable bonds is 2. The van der Waals surface area contributed by atoms with Gasteiger partial charge in [-0.05, 0) is 12.1 Å². The van der Waals surface area contributed by atoms with Gasteiger partial charge in [0, 0.05) is 19.4 Å². The maximum Gasteiger partial charge on any atom is 0.160 e. The summed E-state index contributed by atoms with van der Waals surface area (Å²) >= 11 is 0. The van der Waals surface area contributed by atoms with Gasteiger partial charge in [0.05, 0.1) is 0 Å². The molecule has 0 unspecified atom stereocenters. The highest BCUT2D eigenvalue weighted by molar-refractivity contribution is 6.48. The van der Waals surface area contributed by atoms with Crippen molar-refractivity contribution < 1.29 is 9.84 Å². The number of aromatic nitrogens is 2. The second-order valence-corrected chi connectivity index (χ2v) is 3.08. The molecule has 2 rings (SSSR count). The second-order valence-electron chi connectivity index (χ2n) is 3.08. The molecule has 7 nitrogen and oxygen atoms in total. The van der Waals surface area contributed by atoms with Crippen LogP contribution in [-0.4, -0.2) is 33.5 Å². The van der Waals surface area contributed by atoms with Crippen molar-refractivity contribution in [3.63, 3.8) is 0 Å². The van der Waals surface area contributed by atoms with E-state index >= 15 is 0 Å². The molecular weight excluding hydrogens is 198 g/mol. The number of hydrazone groups is 1. The van der Waals surface area contributed by atoms with E-state index in [9.17, 15) is 0 Å². The Labute approximate surface area is 85.8 Å². The van der Waals surface area contributed by atoms with Crippen LogP contribution in [0.2, 0.25) is 0 Å². The Kier molecular flexibility index (Phi) is 2.61. The van der Waals surface area contributed by atoms with Crippen LogP contribution in [0.5, 0.6) is 0 Å². The third-order valence-electron chi connectivity index (χ3n) is 2.12. The molecule has 1 heterocycles. The molecule has 0 atom stereocenters. The van der Waals surface area contributed by atoms with E-state index in [2.05, 4.69) is 30.6 Å². The standard InChI is InChI=1S/C8H11N5O2/c1-2-9-10-7-5(11-14)3-4-6-8(7)13-15-12-6/h9,14H,2-4H2,1H3/b10-7+,11-5+. The summed E-state index contributed by atoms with van der Waals surface area (Å²) < 4.78 is 4.63. The van der Waals surface area contributed by atoms with Gasteiger partial charge in [0.15, 0.2) is 5.69 Å². The fourth-order valence-electron chi connectivity index (χ4n) is 1.42. The minimum absolute atomic E-state index is 0.499. The van der Waals surface area contributed by atoms with Crippen LogP contribution < -0.4 is 5.43 Å². The summed E-state index contributed by atoms with van der Waals surface area (Å²) in [6.07, 6.45) is 1.24. The summed E-state index contributed by atoms with van der Waals surface area (Å²) in [4.78, 5) is 0. The molecule has 1 aromatic rings.